The van der Waals surface area contributed by atoms with Crippen molar-refractivity contribution >= 4 is 5.82 Å². The Hall–Kier alpha value is -2.21. The number of rotatable bonds is 3. The van der Waals surface area contributed by atoms with E-state index in [1.165, 1.54) is 13.1 Å². The van der Waals surface area contributed by atoms with Crippen molar-refractivity contribution in [3.8, 4) is 17.1 Å². The van der Waals surface area contributed by atoms with Gasteiger partial charge in [-0.15, -0.1) is 0 Å². The Morgan fingerprint density at radius 1 is 0.913 bits per heavy atom. The molecule has 120 valence electrons. The molecule has 2 unspecified atom stereocenters. The molecule has 0 saturated carbocycles. The van der Waals surface area contributed by atoms with E-state index in [0.29, 0.717) is 6.01 Å². The summed E-state index contributed by atoms with van der Waals surface area (Å²) in [6, 6.07) is 4.57. The number of methoxy groups -OCH3 is 1. The minimum Gasteiger partial charge on any atom is -0.467 e. The minimum absolute atomic E-state index is 0.381. The topological polar surface area (TPSA) is 54.4 Å². The summed E-state index contributed by atoms with van der Waals surface area (Å²) in [5, 5.41) is 0. The van der Waals surface area contributed by atoms with E-state index < -0.39 is 0 Å². The van der Waals surface area contributed by atoms with Crippen molar-refractivity contribution in [1.82, 2.24) is 19.9 Å². The average Bonchev–Trinajstić information content (AvgIpc) is 3.12. The molecule has 0 N–H and O–H groups in total. The number of hydrogen-bond acceptors (Lipinski definition) is 6. The summed E-state index contributed by atoms with van der Waals surface area (Å²) in [6.07, 6.45) is 5.43. The molecule has 2 atom stereocenters. The maximum absolute atomic E-state index is 4.99. The van der Waals surface area contributed by atoms with Crippen LogP contribution in [0, 0.1) is 11.8 Å². The third-order valence-corrected chi connectivity index (χ3v) is 4.88. The number of aromatic nitrogens is 3. The molecule has 6 heteroatoms. The quantitative estimate of drug-likeness (QED) is 0.857. The number of ether oxygens (including phenoxy) is 1. The summed E-state index contributed by atoms with van der Waals surface area (Å²) in [7, 11) is 3.78. The molecule has 0 aliphatic carbocycles. The number of hydrogen-bond donors (Lipinski definition) is 0. The maximum Gasteiger partial charge on any atom is 0.316 e. The van der Waals surface area contributed by atoms with Crippen LogP contribution in [0.2, 0.25) is 0 Å². The van der Waals surface area contributed by atoms with E-state index in [-0.39, 0.29) is 0 Å². The third kappa shape index (κ3) is 2.74. The summed E-state index contributed by atoms with van der Waals surface area (Å²) >= 11 is 0. The van der Waals surface area contributed by atoms with Crippen LogP contribution in [0.1, 0.15) is 0 Å². The molecule has 4 heterocycles. The van der Waals surface area contributed by atoms with Gasteiger partial charge in [-0.25, -0.2) is 15.0 Å². The lowest BCUT2D eigenvalue weighted by Gasteiger charge is -2.20. The Labute approximate surface area is 136 Å². The monoisotopic (exact) mass is 311 g/mol. The van der Waals surface area contributed by atoms with Gasteiger partial charge in [0.05, 0.1) is 7.11 Å². The predicted octanol–water partition coefficient (Wildman–Crippen LogP) is 1.54. The van der Waals surface area contributed by atoms with E-state index in [1.54, 1.807) is 19.5 Å². The van der Waals surface area contributed by atoms with Crippen molar-refractivity contribution < 1.29 is 4.74 Å². The highest BCUT2D eigenvalue weighted by Gasteiger charge is 2.38. The molecule has 23 heavy (non-hydrogen) atoms. The number of anilines is 1. The Morgan fingerprint density at radius 3 is 2.13 bits per heavy atom. The van der Waals surface area contributed by atoms with Gasteiger partial charge in [0.25, 0.3) is 0 Å². The first-order valence-electron chi connectivity index (χ1n) is 7.99. The molecule has 0 bridgehead atoms. The molecule has 4 rings (SSSR count). The van der Waals surface area contributed by atoms with Gasteiger partial charge >= 0.3 is 6.01 Å². The molecule has 0 amide bonds. The van der Waals surface area contributed by atoms with Crippen LogP contribution in [0.15, 0.2) is 30.7 Å². The number of likely N-dealkylation sites (tertiary alicyclic amines) is 1. The number of pyridine rings is 1. The summed E-state index contributed by atoms with van der Waals surface area (Å²) in [4.78, 5) is 17.8. The van der Waals surface area contributed by atoms with Crippen LogP contribution >= 0.6 is 0 Å². The Kier molecular flexibility index (Phi) is 3.61. The second-order valence-electron chi connectivity index (χ2n) is 6.51. The molecule has 2 aliphatic rings. The van der Waals surface area contributed by atoms with Gasteiger partial charge < -0.3 is 14.5 Å². The van der Waals surface area contributed by atoms with Crippen molar-refractivity contribution in [1.29, 1.82) is 0 Å². The average molecular weight is 311 g/mol. The predicted molar refractivity (Wildman–Crippen MR) is 88.5 cm³/mol. The van der Waals surface area contributed by atoms with Gasteiger partial charge in [0.2, 0.25) is 0 Å². The standard InChI is InChI=1S/C17H21N5O/c1-21-8-14-10-22(11-15(14)9-21)16-4-3-12(5-18-16)13-6-19-17(23-2)20-7-13/h3-7,14-15H,8-11H2,1-2H3. The number of fused-ring (bicyclic) bond motifs is 1. The van der Waals surface area contributed by atoms with E-state index in [4.69, 9.17) is 4.74 Å². The summed E-state index contributed by atoms with van der Waals surface area (Å²) in [5.74, 6) is 2.65. The molecule has 2 fully saturated rings. The molecule has 0 spiro atoms. The first-order valence-corrected chi connectivity index (χ1v) is 7.99. The first kappa shape index (κ1) is 14.4. The lowest BCUT2D eigenvalue weighted by molar-refractivity contribution is 0.380. The van der Waals surface area contributed by atoms with Crippen molar-refractivity contribution in [3.63, 3.8) is 0 Å². The van der Waals surface area contributed by atoms with Crippen LogP contribution in [0.25, 0.3) is 11.1 Å². The molecule has 2 saturated heterocycles. The summed E-state index contributed by atoms with van der Waals surface area (Å²) in [6.45, 7) is 4.66. The van der Waals surface area contributed by atoms with Crippen molar-refractivity contribution in [2.24, 2.45) is 11.8 Å². The lowest BCUT2D eigenvalue weighted by atomic mass is 10.0. The molecule has 2 aromatic heterocycles. The maximum atomic E-state index is 4.99. The smallest absolute Gasteiger partial charge is 0.316 e. The van der Waals surface area contributed by atoms with Crippen LogP contribution in [0.5, 0.6) is 6.01 Å². The second-order valence-corrected chi connectivity index (χ2v) is 6.51. The first-order chi connectivity index (χ1) is 11.2. The largest absolute Gasteiger partial charge is 0.467 e. The van der Waals surface area contributed by atoms with Gasteiger partial charge in [-0.05, 0) is 31.0 Å². The minimum atomic E-state index is 0.381. The van der Waals surface area contributed by atoms with Gasteiger partial charge in [-0.3, -0.25) is 0 Å². The second kappa shape index (κ2) is 5.77. The molecule has 2 aromatic rings. The highest BCUT2D eigenvalue weighted by Crippen LogP contribution is 2.32. The van der Waals surface area contributed by atoms with E-state index >= 15 is 0 Å². The van der Waals surface area contributed by atoms with E-state index in [0.717, 1.165) is 41.9 Å². The fraction of sp³-hybridized carbons (Fsp3) is 0.471. The van der Waals surface area contributed by atoms with Crippen LogP contribution in [-0.4, -0.2) is 60.2 Å². The highest BCUT2D eigenvalue weighted by atomic mass is 16.5. The Bertz CT molecular complexity index is 658. The van der Waals surface area contributed by atoms with Crippen LogP contribution in [0.4, 0.5) is 5.82 Å². The van der Waals surface area contributed by atoms with E-state index in [2.05, 4.69) is 43.9 Å². The zero-order chi connectivity index (χ0) is 15.8. The van der Waals surface area contributed by atoms with Crippen molar-refractivity contribution in [3.05, 3.63) is 30.7 Å². The Balaban J connectivity index is 1.48. The summed E-state index contributed by atoms with van der Waals surface area (Å²) in [5.41, 5.74) is 1.97. The molecule has 0 radical (unpaired) electrons. The van der Waals surface area contributed by atoms with Crippen LogP contribution < -0.4 is 9.64 Å². The van der Waals surface area contributed by atoms with Crippen LogP contribution in [-0.2, 0) is 0 Å². The molecular formula is C17H21N5O. The van der Waals surface area contributed by atoms with Gasteiger partial charge in [-0.2, -0.15) is 0 Å². The fourth-order valence-corrected chi connectivity index (χ4v) is 3.73. The molecular weight excluding hydrogens is 290 g/mol. The number of nitrogens with zero attached hydrogens (tertiary/aromatic N) is 5. The Morgan fingerprint density at radius 2 is 1.57 bits per heavy atom. The normalized spacial score (nSPS) is 24.0. The highest BCUT2D eigenvalue weighted by molar-refractivity contribution is 5.62. The lowest BCUT2D eigenvalue weighted by Crippen LogP contribution is -2.27. The van der Waals surface area contributed by atoms with Gasteiger partial charge in [0, 0.05) is 55.9 Å². The van der Waals surface area contributed by atoms with Gasteiger partial charge in [0.15, 0.2) is 0 Å². The van der Waals surface area contributed by atoms with Crippen LogP contribution in [0.3, 0.4) is 0 Å². The van der Waals surface area contributed by atoms with Gasteiger partial charge in [-0.1, -0.05) is 0 Å². The van der Waals surface area contributed by atoms with Crippen molar-refractivity contribution in [2.45, 2.75) is 0 Å². The third-order valence-electron chi connectivity index (χ3n) is 4.88. The molecule has 0 aromatic carbocycles. The zero-order valence-electron chi connectivity index (χ0n) is 13.5. The van der Waals surface area contributed by atoms with E-state index in [1.807, 2.05) is 6.20 Å². The van der Waals surface area contributed by atoms with Gasteiger partial charge in [0.1, 0.15) is 5.82 Å². The zero-order valence-corrected chi connectivity index (χ0v) is 13.5. The van der Waals surface area contributed by atoms with E-state index in [9.17, 15) is 0 Å². The molecule has 6 nitrogen and oxygen atoms in total. The molecule has 2 aliphatic heterocycles. The van der Waals surface area contributed by atoms with Crippen molar-refractivity contribution in [2.75, 3.05) is 45.2 Å². The fourth-order valence-electron chi connectivity index (χ4n) is 3.73. The SMILES string of the molecule is COc1ncc(-c2ccc(N3CC4CN(C)CC4C3)nc2)cn1. The summed E-state index contributed by atoms with van der Waals surface area (Å²) < 4.78 is 4.99.